The molecule has 0 unspecified atom stereocenters. The zero-order chi connectivity index (χ0) is 18.0. The van der Waals surface area contributed by atoms with Crippen molar-refractivity contribution in [2.75, 3.05) is 26.2 Å². The Morgan fingerprint density at radius 1 is 1.04 bits per heavy atom. The highest BCUT2D eigenvalue weighted by Crippen LogP contribution is 2.22. The van der Waals surface area contributed by atoms with Crippen molar-refractivity contribution >= 4 is 27.3 Å². The van der Waals surface area contributed by atoms with Gasteiger partial charge in [-0.3, -0.25) is 4.79 Å². The highest BCUT2D eigenvalue weighted by atomic mass is 32.2. The van der Waals surface area contributed by atoms with Crippen molar-refractivity contribution in [1.29, 1.82) is 0 Å². The van der Waals surface area contributed by atoms with E-state index in [1.165, 1.54) is 15.6 Å². The van der Waals surface area contributed by atoms with Gasteiger partial charge in [0.05, 0.1) is 9.77 Å². The van der Waals surface area contributed by atoms with Crippen LogP contribution in [-0.2, 0) is 10.0 Å². The van der Waals surface area contributed by atoms with Gasteiger partial charge < -0.3 is 4.90 Å². The standard InChI is InChI=1S/C18H22N2O3S2/c1-14(2)15-5-7-16(8-6-15)25(22,23)20-11-9-19(10-12-20)18(21)17-4-3-13-24-17/h3-8,13-14H,9-12H2,1-2H3. The lowest BCUT2D eigenvalue weighted by Gasteiger charge is -2.33. The van der Waals surface area contributed by atoms with E-state index in [1.807, 2.05) is 23.6 Å². The van der Waals surface area contributed by atoms with Crippen LogP contribution in [0, 0.1) is 0 Å². The first kappa shape index (κ1) is 18.1. The van der Waals surface area contributed by atoms with Gasteiger partial charge in [-0.15, -0.1) is 11.3 Å². The minimum atomic E-state index is -3.51. The van der Waals surface area contributed by atoms with E-state index in [9.17, 15) is 13.2 Å². The highest BCUT2D eigenvalue weighted by molar-refractivity contribution is 7.89. The van der Waals surface area contributed by atoms with Crippen LogP contribution >= 0.6 is 11.3 Å². The Morgan fingerprint density at radius 3 is 2.20 bits per heavy atom. The van der Waals surface area contributed by atoms with Crippen molar-refractivity contribution in [2.45, 2.75) is 24.7 Å². The van der Waals surface area contributed by atoms with E-state index in [-0.39, 0.29) is 5.91 Å². The Kier molecular flexibility index (Phi) is 5.27. The molecule has 0 bridgehead atoms. The molecule has 7 heteroatoms. The number of rotatable bonds is 4. The van der Waals surface area contributed by atoms with Gasteiger partial charge in [-0.2, -0.15) is 4.31 Å². The molecule has 0 radical (unpaired) electrons. The molecule has 0 N–H and O–H groups in total. The second kappa shape index (κ2) is 7.27. The van der Waals surface area contributed by atoms with Gasteiger partial charge in [0.15, 0.2) is 0 Å². The Balaban J connectivity index is 1.68. The number of hydrogen-bond donors (Lipinski definition) is 0. The summed E-state index contributed by atoms with van der Waals surface area (Å²) in [7, 11) is -3.51. The van der Waals surface area contributed by atoms with E-state index in [0.717, 1.165) is 5.56 Å². The monoisotopic (exact) mass is 378 g/mol. The molecule has 134 valence electrons. The van der Waals surface area contributed by atoms with Gasteiger partial charge in [0, 0.05) is 26.2 Å². The number of hydrogen-bond acceptors (Lipinski definition) is 4. The molecule has 0 saturated carbocycles. The van der Waals surface area contributed by atoms with Gasteiger partial charge in [0.25, 0.3) is 5.91 Å². The quantitative estimate of drug-likeness (QED) is 0.822. The molecule has 3 rings (SSSR count). The van der Waals surface area contributed by atoms with E-state index in [1.54, 1.807) is 23.1 Å². The molecule has 2 heterocycles. The predicted molar refractivity (Wildman–Crippen MR) is 99.5 cm³/mol. The smallest absolute Gasteiger partial charge is 0.264 e. The Bertz CT molecular complexity index is 820. The van der Waals surface area contributed by atoms with E-state index in [4.69, 9.17) is 0 Å². The molecule has 0 spiro atoms. The van der Waals surface area contributed by atoms with Crippen LogP contribution in [0.5, 0.6) is 0 Å². The third-order valence-corrected chi connectivity index (χ3v) is 7.21. The van der Waals surface area contributed by atoms with Crippen molar-refractivity contribution in [2.24, 2.45) is 0 Å². The SMILES string of the molecule is CC(C)c1ccc(S(=O)(=O)N2CCN(C(=O)c3cccs3)CC2)cc1. The summed E-state index contributed by atoms with van der Waals surface area (Å²) in [6, 6.07) is 10.7. The summed E-state index contributed by atoms with van der Waals surface area (Å²) < 4.78 is 27.1. The lowest BCUT2D eigenvalue weighted by Crippen LogP contribution is -2.50. The second-order valence-electron chi connectivity index (χ2n) is 6.40. The lowest BCUT2D eigenvalue weighted by molar-refractivity contribution is 0.0703. The van der Waals surface area contributed by atoms with Crippen LogP contribution in [0.3, 0.4) is 0 Å². The minimum absolute atomic E-state index is 0.0201. The lowest BCUT2D eigenvalue weighted by atomic mass is 10.0. The fourth-order valence-corrected chi connectivity index (χ4v) is 4.97. The molecule has 1 fully saturated rings. The Morgan fingerprint density at radius 2 is 1.68 bits per heavy atom. The third kappa shape index (κ3) is 3.78. The molecule has 0 atom stereocenters. The zero-order valence-corrected chi connectivity index (χ0v) is 16.0. The van der Waals surface area contributed by atoms with Crippen molar-refractivity contribution in [1.82, 2.24) is 9.21 Å². The summed E-state index contributed by atoms with van der Waals surface area (Å²) in [5.74, 6) is 0.344. The van der Waals surface area contributed by atoms with Gasteiger partial charge >= 0.3 is 0 Å². The zero-order valence-electron chi connectivity index (χ0n) is 14.4. The van der Waals surface area contributed by atoms with Crippen molar-refractivity contribution < 1.29 is 13.2 Å². The Labute approximate surface area is 152 Å². The van der Waals surface area contributed by atoms with Crippen molar-refractivity contribution in [3.05, 3.63) is 52.2 Å². The number of benzene rings is 1. The molecule has 1 saturated heterocycles. The highest BCUT2D eigenvalue weighted by Gasteiger charge is 2.30. The number of carbonyl (C=O) groups is 1. The van der Waals surface area contributed by atoms with E-state index >= 15 is 0 Å². The molecule has 0 aliphatic carbocycles. The maximum atomic E-state index is 12.8. The molecular weight excluding hydrogens is 356 g/mol. The predicted octanol–water partition coefficient (Wildman–Crippen LogP) is 3.02. The number of amides is 1. The number of carbonyl (C=O) groups excluding carboxylic acids is 1. The number of piperazine rings is 1. The summed E-state index contributed by atoms with van der Waals surface area (Å²) in [4.78, 5) is 15.1. The summed E-state index contributed by atoms with van der Waals surface area (Å²) in [6.45, 7) is 5.64. The van der Waals surface area contributed by atoms with Crippen LogP contribution < -0.4 is 0 Å². The normalized spacial score (nSPS) is 16.4. The molecule has 5 nitrogen and oxygen atoms in total. The summed E-state index contributed by atoms with van der Waals surface area (Å²) >= 11 is 1.41. The summed E-state index contributed by atoms with van der Waals surface area (Å²) in [5.41, 5.74) is 1.12. The first-order valence-corrected chi connectivity index (χ1v) is 10.6. The molecule has 1 aromatic heterocycles. The maximum Gasteiger partial charge on any atom is 0.264 e. The van der Waals surface area contributed by atoms with Gasteiger partial charge in [-0.05, 0) is 35.1 Å². The average molecular weight is 379 g/mol. The molecular formula is C18H22N2O3S2. The van der Waals surface area contributed by atoms with Crippen LogP contribution in [0.15, 0.2) is 46.7 Å². The van der Waals surface area contributed by atoms with Crippen LogP contribution in [-0.4, -0.2) is 49.7 Å². The minimum Gasteiger partial charge on any atom is -0.335 e. The summed E-state index contributed by atoms with van der Waals surface area (Å²) in [5, 5.41) is 1.87. The van der Waals surface area contributed by atoms with E-state index in [0.29, 0.717) is 41.9 Å². The number of nitrogens with zero attached hydrogens (tertiary/aromatic N) is 2. The molecule has 2 aromatic rings. The largest absolute Gasteiger partial charge is 0.335 e. The molecule has 1 amide bonds. The molecule has 1 aliphatic heterocycles. The number of sulfonamides is 1. The molecule has 1 aromatic carbocycles. The third-order valence-electron chi connectivity index (χ3n) is 4.44. The van der Waals surface area contributed by atoms with Crippen LogP contribution in [0.4, 0.5) is 0 Å². The van der Waals surface area contributed by atoms with E-state index in [2.05, 4.69) is 13.8 Å². The van der Waals surface area contributed by atoms with Crippen LogP contribution in [0.25, 0.3) is 0 Å². The van der Waals surface area contributed by atoms with E-state index < -0.39 is 10.0 Å². The fourth-order valence-electron chi connectivity index (χ4n) is 2.86. The van der Waals surface area contributed by atoms with Crippen LogP contribution in [0.2, 0.25) is 0 Å². The molecule has 1 aliphatic rings. The average Bonchev–Trinajstić information content (AvgIpc) is 3.16. The van der Waals surface area contributed by atoms with Crippen molar-refractivity contribution in [3.63, 3.8) is 0 Å². The second-order valence-corrected chi connectivity index (χ2v) is 9.28. The fraction of sp³-hybridized carbons (Fsp3) is 0.389. The van der Waals surface area contributed by atoms with Gasteiger partial charge in [-0.1, -0.05) is 32.0 Å². The molecule has 25 heavy (non-hydrogen) atoms. The van der Waals surface area contributed by atoms with Crippen LogP contribution in [0.1, 0.15) is 35.0 Å². The topological polar surface area (TPSA) is 57.7 Å². The maximum absolute atomic E-state index is 12.8. The van der Waals surface area contributed by atoms with Gasteiger partial charge in [0.2, 0.25) is 10.0 Å². The van der Waals surface area contributed by atoms with Gasteiger partial charge in [-0.25, -0.2) is 8.42 Å². The summed E-state index contributed by atoms with van der Waals surface area (Å²) in [6.07, 6.45) is 0. The van der Waals surface area contributed by atoms with Crippen molar-refractivity contribution in [3.8, 4) is 0 Å². The number of thiophene rings is 1. The first-order valence-electron chi connectivity index (χ1n) is 8.32. The first-order chi connectivity index (χ1) is 11.9. The Hall–Kier alpha value is -1.70. The van der Waals surface area contributed by atoms with Gasteiger partial charge in [0.1, 0.15) is 0 Å².